The zero-order valence-electron chi connectivity index (χ0n) is 15.7. The van der Waals surface area contributed by atoms with E-state index in [1.54, 1.807) is 0 Å². The lowest BCUT2D eigenvalue weighted by atomic mass is 10.1. The molecule has 1 unspecified atom stereocenters. The van der Waals surface area contributed by atoms with Crippen molar-refractivity contribution in [3.05, 3.63) is 66.0 Å². The number of H-pyrrole nitrogens is 1. The lowest BCUT2D eigenvalue weighted by Gasteiger charge is -2.12. The first-order valence-electron chi connectivity index (χ1n) is 9.45. The molecule has 27 heavy (non-hydrogen) atoms. The Morgan fingerprint density at radius 3 is 2.67 bits per heavy atom. The number of fused-ring (bicyclic) bond motifs is 1. The lowest BCUT2D eigenvalue weighted by Crippen LogP contribution is -2.38. The summed E-state index contributed by atoms with van der Waals surface area (Å²) >= 11 is 0. The summed E-state index contributed by atoms with van der Waals surface area (Å²) in [5.41, 5.74) is 2.97. The van der Waals surface area contributed by atoms with Crippen LogP contribution in [0.1, 0.15) is 30.8 Å². The fraction of sp³-hybridized carbons (Fsp3) is 0.333. The molecule has 4 N–H and O–H groups in total. The molecule has 0 aliphatic rings. The summed E-state index contributed by atoms with van der Waals surface area (Å²) in [6.45, 7) is 4.11. The molecular formula is C21H27N5O. The number of nitrogens with one attached hydrogen (secondary N) is 3. The number of nitrogens with zero attached hydrogens (tertiary/aromatic N) is 2. The summed E-state index contributed by atoms with van der Waals surface area (Å²) in [6.07, 6.45) is 0.879. The maximum Gasteiger partial charge on any atom is 0.191 e. The number of benzene rings is 2. The van der Waals surface area contributed by atoms with Crippen molar-refractivity contribution in [3.8, 4) is 0 Å². The quantitative estimate of drug-likeness (QED) is 0.365. The maximum absolute atomic E-state index is 10.2. The van der Waals surface area contributed by atoms with Crippen molar-refractivity contribution >= 4 is 17.0 Å². The van der Waals surface area contributed by atoms with Crippen LogP contribution in [0.15, 0.2) is 59.6 Å². The van der Waals surface area contributed by atoms with E-state index in [4.69, 9.17) is 0 Å². The molecule has 3 rings (SSSR count). The van der Waals surface area contributed by atoms with Crippen molar-refractivity contribution in [1.29, 1.82) is 0 Å². The van der Waals surface area contributed by atoms with Gasteiger partial charge in [-0.15, -0.1) is 0 Å². The van der Waals surface area contributed by atoms with E-state index in [-0.39, 0.29) is 0 Å². The molecule has 0 aliphatic carbocycles. The molecule has 142 valence electrons. The van der Waals surface area contributed by atoms with Crippen LogP contribution in [-0.2, 0) is 6.42 Å². The van der Waals surface area contributed by atoms with Crippen LogP contribution >= 0.6 is 0 Å². The number of imidazole rings is 1. The molecule has 0 spiro atoms. The normalized spacial score (nSPS) is 12.9. The van der Waals surface area contributed by atoms with E-state index in [1.165, 1.54) is 0 Å². The van der Waals surface area contributed by atoms with Crippen LogP contribution in [0.5, 0.6) is 0 Å². The van der Waals surface area contributed by atoms with Crippen LogP contribution in [0.4, 0.5) is 0 Å². The predicted molar refractivity (Wildman–Crippen MR) is 110 cm³/mol. The molecule has 0 saturated heterocycles. The Bertz CT molecular complexity index is 826. The molecule has 2 aromatic carbocycles. The van der Waals surface area contributed by atoms with Gasteiger partial charge in [-0.1, -0.05) is 42.5 Å². The molecular weight excluding hydrogens is 338 g/mol. The zero-order valence-corrected chi connectivity index (χ0v) is 15.7. The van der Waals surface area contributed by atoms with Crippen molar-refractivity contribution in [2.45, 2.75) is 25.9 Å². The maximum atomic E-state index is 10.2. The van der Waals surface area contributed by atoms with E-state index in [0.717, 1.165) is 47.9 Å². The number of aliphatic imine (C=N–C) groups is 1. The minimum absolute atomic E-state index is 0.492. The molecule has 1 heterocycles. The number of aromatic nitrogens is 2. The lowest BCUT2D eigenvalue weighted by molar-refractivity contribution is 0.170. The fourth-order valence-corrected chi connectivity index (χ4v) is 2.91. The standard InChI is InChI=1S/C21H27N5O/c1-2-22-21(23-14-12-19(27)16-8-4-3-5-9-16)24-15-13-20-25-17-10-6-7-11-18(17)26-20/h3-11,19,27H,2,12-15H2,1H3,(H,25,26)(H2,22,23,24). The number of aliphatic hydroxyl groups is 1. The van der Waals surface area contributed by atoms with Gasteiger partial charge < -0.3 is 20.7 Å². The molecule has 0 bridgehead atoms. The Kier molecular flexibility index (Phi) is 6.82. The summed E-state index contributed by atoms with van der Waals surface area (Å²) in [6, 6.07) is 17.7. The Hall–Kier alpha value is -2.86. The monoisotopic (exact) mass is 365 g/mol. The smallest absolute Gasteiger partial charge is 0.191 e. The fourth-order valence-electron chi connectivity index (χ4n) is 2.91. The van der Waals surface area contributed by atoms with E-state index in [2.05, 4.69) is 25.6 Å². The number of hydrogen-bond acceptors (Lipinski definition) is 3. The average molecular weight is 365 g/mol. The van der Waals surface area contributed by atoms with E-state index >= 15 is 0 Å². The third-order valence-corrected chi connectivity index (χ3v) is 4.29. The summed E-state index contributed by atoms with van der Waals surface area (Å²) in [4.78, 5) is 12.5. The highest BCUT2D eigenvalue weighted by molar-refractivity contribution is 5.79. The first kappa shape index (κ1) is 18.9. The number of hydrogen-bond donors (Lipinski definition) is 4. The van der Waals surface area contributed by atoms with Crippen molar-refractivity contribution in [1.82, 2.24) is 20.6 Å². The number of rotatable bonds is 8. The van der Waals surface area contributed by atoms with Crippen molar-refractivity contribution in [2.75, 3.05) is 19.6 Å². The molecule has 3 aromatic rings. The Labute approximate surface area is 159 Å². The van der Waals surface area contributed by atoms with Gasteiger partial charge in [0.2, 0.25) is 0 Å². The van der Waals surface area contributed by atoms with Crippen LogP contribution < -0.4 is 10.6 Å². The van der Waals surface area contributed by atoms with Crippen LogP contribution in [-0.4, -0.2) is 40.7 Å². The molecule has 6 nitrogen and oxygen atoms in total. The largest absolute Gasteiger partial charge is 0.388 e. The second kappa shape index (κ2) is 9.73. The molecule has 0 amide bonds. The number of para-hydroxylation sites is 2. The molecule has 0 radical (unpaired) electrons. The summed E-state index contributed by atoms with van der Waals surface area (Å²) in [7, 11) is 0. The topological polar surface area (TPSA) is 85.3 Å². The highest BCUT2D eigenvalue weighted by Crippen LogP contribution is 2.15. The van der Waals surface area contributed by atoms with Gasteiger partial charge in [0.15, 0.2) is 5.96 Å². The minimum Gasteiger partial charge on any atom is -0.388 e. The van der Waals surface area contributed by atoms with E-state index in [9.17, 15) is 5.11 Å². The average Bonchev–Trinajstić information content (AvgIpc) is 3.11. The third-order valence-electron chi connectivity index (χ3n) is 4.29. The van der Waals surface area contributed by atoms with Gasteiger partial charge in [-0.25, -0.2) is 4.98 Å². The minimum atomic E-state index is -0.492. The molecule has 0 aliphatic heterocycles. The SMILES string of the molecule is CCNC(=NCCC(O)c1ccccc1)NCCc1nc2ccccc2[nH]1. The van der Waals surface area contributed by atoms with Gasteiger partial charge in [-0.05, 0) is 31.0 Å². The molecule has 1 aromatic heterocycles. The summed E-state index contributed by atoms with van der Waals surface area (Å²) < 4.78 is 0. The van der Waals surface area contributed by atoms with Gasteiger partial charge >= 0.3 is 0 Å². The number of aliphatic hydroxyl groups excluding tert-OH is 1. The van der Waals surface area contributed by atoms with Crippen molar-refractivity contribution in [2.24, 2.45) is 4.99 Å². The molecule has 0 fully saturated rings. The molecule has 6 heteroatoms. The Morgan fingerprint density at radius 1 is 1.11 bits per heavy atom. The third kappa shape index (κ3) is 5.56. The van der Waals surface area contributed by atoms with Gasteiger partial charge in [-0.2, -0.15) is 0 Å². The van der Waals surface area contributed by atoms with E-state index in [1.807, 2.05) is 61.5 Å². The zero-order chi connectivity index (χ0) is 18.9. The van der Waals surface area contributed by atoms with Crippen LogP contribution in [0.25, 0.3) is 11.0 Å². The first-order valence-corrected chi connectivity index (χ1v) is 9.45. The second-order valence-electron chi connectivity index (χ2n) is 6.35. The first-order chi connectivity index (χ1) is 13.3. The van der Waals surface area contributed by atoms with Gasteiger partial charge in [-0.3, -0.25) is 4.99 Å². The van der Waals surface area contributed by atoms with Crippen molar-refractivity contribution < 1.29 is 5.11 Å². The highest BCUT2D eigenvalue weighted by atomic mass is 16.3. The van der Waals surface area contributed by atoms with Crippen LogP contribution in [0.3, 0.4) is 0 Å². The summed E-state index contributed by atoms with van der Waals surface area (Å²) in [5.74, 6) is 1.72. The predicted octanol–water partition coefficient (Wildman–Crippen LogP) is 2.78. The van der Waals surface area contributed by atoms with Gasteiger partial charge in [0.1, 0.15) is 5.82 Å². The number of guanidine groups is 1. The van der Waals surface area contributed by atoms with E-state index in [0.29, 0.717) is 13.0 Å². The van der Waals surface area contributed by atoms with Gasteiger partial charge in [0, 0.05) is 26.1 Å². The van der Waals surface area contributed by atoms with Gasteiger partial charge in [0.05, 0.1) is 17.1 Å². The second-order valence-corrected chi connectivity index (χ2v) is 6.35. The summed E-state index contributed by atoms with van der Waals surface area (Å²) in [5, 5.41) is 16.8. The number of aromatic amines is 1. The van der Waals surface area contributed by atoms with E-state index < -0.39 is 6.10 Å². The van der Waals surface area contributed by atoms with Crippen molar-refractivity contribution in [3.63, 3.8) is 0 Å². The van der Waals surface area contributed by atoms with Gasteiger partial charge in [0.25, 0.3) is 0 Å². The highest BCUT2D eigenvalue weighted by Gasteiger charge is 2.07. The Morgan fingerprint density at radius 2 is 1.89 bits per heavy atom. The Balaban J connectivity index is 1.48. The molecule has 1 atom stereocenters. The molecule has 0 saturated carbocycles. The van der Waals surface area contributed by atoms with Crippen LogP contribution in [0, 0.1) is 0 Å². The van der Waals surface area contributed by atoms with Crippen LogP contribution in [0.2, 0.25) is 0 Å².